The van der Waals surface area contributed by atoms with E-state index in [9.17, 15) is 24.0 Å². The molecule has 0 spiro atoms. The van der Waals surface area contributed by atoms with E-state index >= 15 is 0 Å². The molecule has 3 amide bonds. The molecule has 4 rings (SSSR count). The van der Waals surface area contributed by atoms with E-state index in [0.29, 0.717) is 22.3 Å². The number of nitrogens with zero attached hydrogens (tertiary/aromatic N) is 3. The third-order valence-electron chi connectivity index (χ3n) is 8.31. The smallest absolute Gasteiger partial charge is 0.251 e. The summed E-state index contributed by atoms with van der Waals surface area (Å²) in [5.74, 6) is -3.25. The number of amides is 3. The Labute approximate surface area is 258 Å². The molecule has 1 fully saturated rings. The Morgan fingerprint density at radius 2 is 1.23 bits per heavy atom. The van der Waals surface area contributed by atoms with Gasteiger partial charge in [-0.2, -0.15) is 0 Å². The summed E-state index contributed by atoms with van der Waals surface area (Å²) in [6.45, 7) is 0.290. The minimum atomic E-state index is -0.879. The quantitative estimate of drug-likeness (QED) is 0.360. The molecular weight excluding hydrogens is 556 g/mol. The lowest BCUT2D eigenvalue weighted by Crippen LogP contribution is -2.57. The van der Waals surface area contributed by atoms with Crippen LogP contribution in [-0.2, 0) is 9.59 Å². The van der Waals surface area contributed by atoms with Crippen LogP contribution in [0.3, 0.4) is 0 Å². The van der Waals surface area contributed by atoms with Crippen molar-refractivity contribution >= 4 is 29.3 Å². The maximum atomic E-state index is 14.4. The Balaban J connectivity index is 1.91. The number of nitrogens with one attached hydrogen (secondary N) is 1. The molecule has 3 aromatic rings. The zero-order valence-electron chi connectivity index (χ0n) is 25.9. The largest absolute Gasteiger partial charge is 0.355 e. The summed E-state index contributed by atoms with van der Waals surface area (Å²) in [7, 11) is 8.08. The molecule has 2 unspecified atom stereocenters. The molecule has 44 heavy (non-hydrogen) atoms. The highest BCUT2D eigenvalue weighted by molar-refractivity contribution is 6.02. The second-order valence-electron chi connectivity index (χ2n) is 11.6. The molecule has 230 valence electrons. The molecule has 0 saturated carbocycles. The van der Waals surface area contributed by atoms with Crippen molar-refractivity contribution in [2.45, 2.75) is 18.4 Å². The van der Waals surface area contributed by atoms with Crippen molar-refractivity contribution < 1.29 is 24.0 Å². The van der Waals surface area contributed by atoms with Gasteiger partial charge in [0.1, 0.15) is 0 Å². The number of carbonyl (C=O) groups excluding carboxylic acids is 5. The highest BCUT2D eigenvalue weighted by Crippen LogP contribution is 2.42. The minimum Gasteiger partial charge on any atom is -0.355 e. The van der Waals surface area contributed by atoms with Gasteiger partial charge in [0.15, 0.2) is 11.6 Å². The number of ketones is 2. The van der Waals surface area contributed by atoms with Gasteiger partial charge in [0, 0.05) is 82.8 Å². The van der Waals surface area contributed by atoms with Crippen LogP contribution in [0.15, 0.2) is 84.9 Å². The number of benzene rings is 3. The third-order valence-corrected chi connectivity index (χ3v) is 8.31. The highest BCUT2D eigenvalue weighted by Gasteiger charge is 2.47. The van der Waals surface area contributed by atoms with Crippen molar-refractivity contribution in [1.29, 1.82) is 0 Å². The summed E-state index contributed by atoms with van der Waals surface area (Å²) in [4.78, 5) is 72.7. The van der Waals surface area contributed by atoms with E-state index in [2.05, 4.69) is 5.32 Å². The number of Topliss-reactive ketones (excluding diaryl/α,β-unsaturated/α-hetero) is 2. The molecule has 0 bridgehead atoms. The number of piperidine rings is 1. The molecule has 1 aliphatic rings. The number of rotatable bonds is 10. The Morgan fingerprint density at radius 3 is 1.68 bits per heavy atom. The van der Waals surface area contributed by atoms with Gasteiger partial charge < -0.3 is 15.1 Å². The summed E-state index contributed by atoms with van der Waals surface area (Å²) in [6.07, 6.45) is -0.0979. The van der Waals surface area contributed by atoms with Crippen molar-refractivity contribution in [1.82, 2.24) is 20.0 Å². The SMILES string of the molecule is CNC(=O)c1cccc(C2[C@@H](C(=O)c3ccccc3)CN(C(CC(=O)N(C)C)C(=O)N(C)C)C[C@H]2C(=O)c2ccccc2)c1. The van der Waals surface area contributed by atoms with E-state index in [0.717, 1.165) is 0 Å². The first-order valence-electron chi connectivity index (χ1n) is 14.7. The van der Waals surface area contributed by atoms with Crippen molar-refractivity contribution in [2.24, 2.45) is 11.8 Å². The van der Waals surface area contributed by atoms with Crippen LogP contribution in [0.1, 0.15) is 49.0 Å². The van der Waals surface area contributed by atoms with Crippen LogP contribution in [0.4, 0.5) is 0 Å². The maximum absolute atomic E-state index is 14.4. The lowest BCUT2D eigenvalue weighted by atomic mass is 9.68. The van der Waals surface area contributed by atoms with Crippen molar-refractivity contribution in [3.05, 3.63) is 107 Å². The molecule has 4 atom stereocenters. The summed E-state index contributed by atoms with van der Waals surface area (Å²) in [5, 5.41) is 2.64. The molecule has 1 aliphatic heterocycles. The third kappa shape index (κ3) is 7.11. The average molecular weight is 597 g/mol. The van der Waals surface area contributed by atoms with Crippen LogP contribution in [0.25, 0.3) is 0 Å². The summed E-state index contributed by atoms with van der Waals surface area (Å²) in [6, 6.07) is 23.9. The fourth-order valence-corrected chi connectivity index (χ4v) is 5.98. The molecule has 1 saturated heterocycles. The van der Waals surface area contributed by atoms with Gasteiger partial charge in [-0.15, -0.1) is 0 Å². The van der Waals surface area contributed by atoms with Crippen molar-refractivity contribution in [3.63, 3.8) is 0 Å². The van der Waals surface area contributed by atoms with Crippen molar-refractivity contribution in [3.8, 4) is 0 Å². The van der Waals surface area contributed by atoms with Gasteiger partial charge in [-0.3, -0.25) is 28.9 Å². The molecule has 0 radical (unpaired) electrons. The Morgan fingerprint density at radius 1 is 0.727 bits per heavy atom. The van der Waals surface area contributed by atoms with Crippen LogP contribution in [0.5, 0.6) is 0 Å². The van der Waals surface area contributed by atoms with Gasteiger partial charge in [-0.25, -0.2) is 0 Å². The Bertz CT molecular complexity index is 1440. The molecule has 1 N–H and O–H groups in total. The topological polar surface area (TPSA) is 107 Å². The number of hydrogen-bond acceptors (Lipinski definition) is 6. The summed E-state index contributed by atoms with van der Waals surface area (Å²) >= 11 is 0. The standard InChI is InChI=1S/C35H40N4O5/c1-36-34(43)26-18-12-17-25(19-26)31-27(32(41)23-13-8-6-9-14-23)21-39(22-28(31)33(42)24-15-10-7-11-16-24)29(35(44)38(4)5)20-30(40)37(2)3/h6-19,27-29,31H,20-22H2,1-5H3,(H,36,43)/t27-,28+,29?,31?. The first-order chi connectivity index (χ1) is 21.0. The normalized spacial score (nSPS) is 19.0. The molecule has 9 heteroatoms. The monoisotopic (exact) mass is 596 g/mol. The number of hydrogen-bond donors (Lipinski definition) is 1. The Kier molecular flexibility index (Phi) is 10.4. The molecule has 9 nitrogen and oxygen atoms in total. The first-order valence-corrected chi connectivity index (χ1v) is 14.7. The minimum absolute atomic E-state index is 0.0979. The van der Waals surface area contributed by atoms with Gasteiger partial charge in [0.2, 0.25) is 11.8 Å². The number of likely N-dealkylation sites (tertiary alicyclic amines) is 1. The zero-order chi connectivity index (χ0) is 32.0. The van der Waals surface area contributed by atoms with E-state index in [1.807, 2.05) is 23.1 Å². The lowest BCUT2D eigenvalue weighted by molar-refractivity contribution is -0.141. The first kappa shape index (κ1) is 32.3. The van der Waals surface area contributed by atoms with Gasteiger partial charge in [-0.1, -0.05) is 72.8 Å². The lowest BCUT2D eigenvalue weighted by Gasteiger charge is -2.46. The number of carbonyl (C=O) groups is 5. The van der Waals surface area contributed by atoms with E-state index in [1.165, 1.54) is 9.80 Å². The van der Waals surface area contributed by atoms with Crippen LogP contribution in [0, 0.1) is 11.8 Å². The predicted molar refractivity (Wildman–Crippen MR) is 168 cm³/mol. The van der Waals surface area contributed by atoms with Crippen LogP contribution < -0.4 is 5.32 Å². The molecular formula is C35H40N4O5. The van der Waals surface area contributed by atoms with Crippen molar-refractivity contribution in [2.75, 3.05) is 48.3 Å². The van der Waals surface area contributed by atoms with E-state index in [-0.39, 0.29) is 48.8 Å². The van der Waals surface area contributed by atoms with Gasteiger partial charge in [0.25, 0.3) is 5.91 Å². The molecule has 0 aromatic heterocycles. The molecule has 1 heterocycles. The van der Waals surface area contributed by atoms with Gasteiger partial charge in [-0.05, 0) is 17.7 Å². The second-order valence-corrected chi connectivity index (χ2v) is 11.6. The highest BCUT2D eigenvalue weighted by atomic mass is 16.2. The van der Waals surface area contributed by atoms with E-state index in [4.69, 9.17) is 0 Å². The summed E-state index contributed by atoms with van der Waals surface area (Å²) < 4.78 is 0. The van der Waals surface area contributed by atoms with Crippen LogP contribution in [0.2, 0.25) is 0 Å². The fraction of sp³-hybridized carbons (Fsp3) is 0.343. The van der Waals surface area contributed by atoms with Crippen LogP contribution in [-0.4, -0.2) is 98.4 Å². The number of likely N-dealkylation sites (N-methyl/N-ethyl adjacent to an activating group) is 1. The summed E-state index contributed by atoms with van der Waals surface area (Å²) in [5.41, 5.74) is 2.07. The Hall–Kier alpha value is -4.63. The van der Waals surface area contributed by atoms with E-state index in [1.54, 1.807) is 102 Å². The van der Waals surface area contributed by atoms with Gasteiger partial charge in [0.05, 0.1) is 12.5 Å². The second kappa shape index (κ2) is 14.2. The maximum Gasteiger partial charge on any atom is 0.251 e. The molecule has 0 aliphatic carbocycles. The van der Waals surface area contributed by atoms with Crippen LogP contribution >= 0.6 is 0 Å². The molecule has 3 aromatic carbocycles. The van der Waals surface area contributed by atoms with Gasteiger partial charge >= 0.3 is 0 Å². The fourth-order valence-electron chi connectivity index (χ4n) is 5.98. The average Bonchev–Trinajstić information content (AvgIpc) is 3.05. The predicted octanol–water partition coefficient (Wildman–Crippen LogP) is 3.38. The van der Waals surface area contributed by atoms with E-state index < -0.39 is 23.8 Å². The zero-order valence-corrected chi connectivity index (χ0v) is 25.9.